The Morgan fingerprint density at radius 3 is 1.20 bits per heavy atom. The monoisotopic (exact) mass is 365 g/mol. The third-order valence-corrected chi connectivity index (χ3v) is 0. The van der Waals surface area contributed by atoms with Crippen LogP contribution in [0.4, 0.5) is 0 Å². The first-order chi connectivity index (χ1) is 1.41. The Morgan fingerprint density at radius 1 is 1.20 bits per heavy atom. The number of rotatable bonds is 0. The maximum absolute atomic E-state index is 4.38. The minimum atomic E-state index is -0.583. The average Bonchev–Trinajstić information content (AvgIpc) is 0.918. The van der Waals surface area contributed by atoms with Gasteiger partial charge in [-0.2, -0.15) is 0 Å². The van der Waals surface area contributed by atoms with E-state index in [1.165, 1.54) is 0 Å². The van der Waals surface area contributed by atoms with E-state index in [9.17, 15) is 0 Å². The minimum absolute atomic E-state index is 0. The van der Waals surface area contributed by atoms with Crippen LogP contribution in [0.25, 0.3) is 0 Å². The van der Waals surface area contributed by atoms with Gasteiger partial charge in [0.05, 0.1) is 0 Å². The Morgan fingerprint density at radius 2 is 1.20 bits per heavy atom. The molecule has 5 heavy (non-hydrogen) atoms. The molecule has 0 bridgehead atoms. The summed E-state index contributed by atoms with van der Waals surface area (Å²) in [7, 11) is 8.75. The average molecular weight is 366 g/mol. The van der Waals surface area contributed by atoms with Gasteiger partial charge in [0.25, 0.3) is 0 Å². The van der Waals surface area contributed by atoms with Crippen molar-refractivity contribution in [2.24, 2.45) is 0 Å². The van der Waals surface area contributed by atoms with E-state index in [0.29, 0.717) is 0 Å². The van der Waals surface area contributed by atoms with Gasteiger partial charge in [-0.3, -0.25) is 0 Å². The summed E-state index contributed by atoms with van der Waals surface area (Å²) < 4.78 is 0. The number of hydrogen-bond acceptors (Lipinski definition) is 2. The topological polar surface area (TPSA) is 0 Å². The van der Waals surface area contributed by atoms with E-state index in [-0.39, 0.29) is 33.3 Å². The first-order valence-electron chi connectivity index (χ1n) is 0.333. The standard InChI is InChI=1S/Co.Ni.2S.W. The van der Waals surface area contributed by atoms with Crippen molar-refractivity contribution in [2.45, 2.75) is 0 Å². The predicted molar refractivity (Wildman–Crippen MR) is 15.2 cm³/mol. The summed E-state index contributed by atoms with van der Waals surface area (Å²) >= 11 is -0.583. The van der Waals surface area contributed by atoms with Crippen molar-refractivity contribution in [3.8, 4) is 0 Å². The first-order valence-corrected chi connectivity index (χ1v) is 8.19. The van der Waals surface area contributed by atoms with Gasteiger partial charge in [-0.05, 0) is 0 Å². The maximum atomic E-state index is 4.38. The SMILES string of the molecule is [Co].[Ni].[S]=[W]=[S]. The Labute approximate surface area is 67.0 Å². The fourth-order valence-electron chi connectivity index (χ4n) is 0. The van der Waals surface area contributed by atoms with Gasteiger partial charge in [0.2, 0.25) is 0 Å². The Kier molecular flexibility index (Phi) is 51.7. The molecule has 0 nitrogen and oxygen atoms in total. The molecule has 0 spiro atoms. The van der Waals surface area contributed by atoms with Crippen LogP contribution in [0.15, 0.2) is 0 Å². The van der Waals surface area contributed by atoms with Crippen LogP contribution >= 0.6 is 19.6 Å². The van der Waals surface area contributed by atoms with Crippen LogP contribution in [0.3, 0.4) is 0 Å². The van der Waals surface area contributed by atoms with Crippen LogP contribution in [0, 0.1) is 0 Å². The van der Waals surface area contributed by atoms with Crippen molar-refractivity contribution in [1.29, 1.82) is 0 Å². The molecule has 0 N–H and O–H groups in total. The van der Waals surface area contributed by atoms with Crippen LogP contribution < -0.4 is 0 Å². The van der Waals surface area contributed by atoms with E-state index in [0.717, 1.165) is 0 Å². The Balaban J connectivity index is -0.0000000200. The van der Waals surface area contributed by atoms with Crippen LogP contribution in [-0.2, 0) is 48.2 Å². The Bertz CT molecular complexity index is 30.6. The van der Waals surface area contributed by atoms with Crippen LogP contribution in [0.5, 0.6) is 0 Å². The van der Waals surface area contributed by atoms with E-state index in [1.54, 1.807) is 0 Å². The predicted octanol–water partition coefficient (Wildman–Crippen LogP) is 1.29. The van der Waals surface area contributed by atoms with Crippen LogP contribution in [0.1, 0.15) is 0 Å². The zero-order chi connectivity index (χ0) is 2.71. The van der Waals surface area contributed by atoms with Gasteiger partial charge in [-0.25, -0.2) is 0 Å². The van der Waals surface area contributed by atoms with Gasteiger partial charge >= 0.3 is 34.6 Å². The van der Waals surface area contributed by atoms with Gasteiger partial charge < -0.3 is 0 Å². The molecule has 0 saturated carbocycles. The van der Waals surface area contributed by atoms with Gasteiger partial charge in [0, 0.05) is 33.3 Å². The molecule has 0 fully saturated rings. The molecule has 0 aromatic carbocycles. The molecule has 0 aliphatic carbocycles. The second kappa shape index (κ2) is 16.5. The fraction of sp³-hybridized carbons (Fsp3) is 0. The molecule has 0 saturated heterocycles. The van der Waals surface area contributed by atoms with E-state index in [4.69, 9.17) is 0 Å². The van der Waals surface area contributed by atoms with Crippen molar-refractivity contribution in [3.05, 3.63) is 0 Å². The van der Waals surface area contributed by atoms with Crippen molar-refractivity contribution < 1.29 is 48.2 Å². The van der Waals surface area contributed by atoms with Crippen molar-refractivity contribution in [3.63, 3.8) is 0 Å². The van der Waals surface area contributed by atoms with Crippen molar-refractivity contribution in [2.75, 3.05) is 0 Å². The summed E-state index contributed by atoms with van der Waals surface area (Å²) in [4.78, 5) is 0. The molecule has 0 rings (SSSR count). The van der Waals surface area contributed by atoms with Crippen LogP contribution in [-0.4, -0.2) is 0 Å². The summed E-state index contributed by atoms with van der Waals surface area (Å²) in [5.41, 5.74) is 0. The molecule has 0 aliphatic rings. The quantitative estimate of drug-likeness (QED) is 0.594. The second-order valence-electron chi connectivity index (χ2n) is 0.0680. The molecule has 0 heterocycles. The van der Waals surface area contributed by atoms with Gasteiger partial charge in [0.1, 0.15) is 0 Å². The molecule has 5 heteroatoms. The second-order valence-corrected chi connectivity index (χ2v) is 5.01. The zero-order valence-corrected chi connectivity index (χ0v) is 8.47. The summed E-state index contributed by atoms with van der Waals surface area (Å²) in [6.45, 7) is 0. The first kappa shape index (κ1) is 15.7. The molecule has 0 atom stereocenters. The van der Waals surface area contributed by atoms with E-state index in [1.807, 2.05) is 0 Å². The van der Waals surface area contributed by atoms with Gasteiger partial charge in [-0.1, -0.05) is 0 Å². The molecular formula is CoNiS2W. The van der Waals surface area contributed by atoms with Crippen molar-refractivity contribution >= 4 is 19.6 Å². The third kappa shape index (κ3) is 23.1. The molecule has 37 valence electrons. The molecular weight excluding hydrogens is 366 g/mol. The fourth-order valence-corrected chi connectivity index (χ4v) is 0. The van der Waals surface area contributed by atoms with E-state index in [2.05, 4.69) is 19.6 Å². The molecule has 0 aromatic heterocycles. The zero-order valence-electron chi connectivity index (χ0n) is 1.87. The van der Waals surface area contributed by atoms with Gasteiger partial charge in [-0.15, -0.1) is 0 Å². The summed E-state index contributed by atoms with van der Waals surface area (Å²) in [5.74, 6) is 0. The molecule has 0 aromatic rings. The summed E-state index contributed by atoms with van der Waals surface area (Å²) in [6, 6.07) is 0. The van der Waals surface area contributed by atoms with E-state index >= 15 is 0 Å². The Hall–Kier alpha value is 2.13. The molecule has 0 aliphatic heterocycles. The molecule has 0 unspecified atom stereocenters. The third-order valence-electron chi connectivity index (χ3n) is 0. The van der Waals surface area contributed by atoms with E-state index < -0.39 is 14.9 Å². The normalized spacial score (nSPS) is 2.40. The van der Waals surface area contributed by atoms with Crippen LogP contribution in [0.2, 0.25) is 0 Å². The summed E-state index contributed by atoms with van der Waals surface area (Å²) in [6.07, 6.45) is 0. The van der Waals surface area contributed by atoms with Crippen molar-refractivity contribution in [1.82, 2.24) is 0 Å². The molecule has 1 radical (unpaired) electrons. The molecule has 0 amide bonds. The van der Waals surface area contributed by atoms with Gasteiger partial charge in [0.15, 0.2) is 0 Å². The number of hydrogen-bond donors (Lipinski definition) is 0. The summed E-state index contributed by atoms with van der Waals surface area (Å²) in [5, 5.41) is 0.